The molecule has 25 heteroatoms. The van der Waals surface area contributed by atoms with Crippen LogP contribution >= 0.6 is 0 Å². The standard InChI is InChI=1S/18CN.3Fe.4Ga/c18*1-2;;;;;;;/q18*-1;3*+2;4*+3. The summed E-state index contributed by atoms with van der Waals surface area (Å²) in [7, 11) is 0. The molecule has 0 radical (unpaired) electrons. The second-order valence-electron chi connectivity index (χ2n) is 0. The summed E-state index contributed by atoms with van der Waals surface area (Å²) in [6.07, 6.45) is 0. The summed E-state index contributed by atoms with van der Waals surface area (Å²) in [5, 5.41) is 112. The van der Waals surface area contributed by atoms with E-state index in [1.54, 1.807) is 0 Å². The van der Waals surface area contributed by atoms with E-state index in [4.69, 9.17) is 213 Å². The predicted molar refractivity (Wildman–Crippen MR) is 112 cm³/mol. The Morgan fingerprint density at radius 1 is 0.116 bits per heavy atom. The second kappa shape index (κ2) is 1850. The molecule has 18 nitrogen and oxygen atoms in total. The van der Waals surface area contributed by atoms with Gasteiger partial charge in [0.2, 0.25) is 0 Å². The molecular weight excluding hydrogens is 915 g/mol. The third kappa shape index (κ3) is 1750. The first-order valence-corrected chi connectivity index (χ1v) is 4.02. The minimum atomic E-state index is 0. The summed E-state index contributed by atoms with van der Waals surface area (Å²) in [6, 6.07) is 0. The zero-order chi connectivity index (χ0) is 36.0. The molecule has 0 saturated heterocycles. The molecule has 0 N–H and O–H groups in total. The zero-order valence-electron chi connectivity index (χ0n) is 20.4. The average molecular weight is 915 g/mol. The van der Waals surface area contributed by atoms with Crippen molar-refractivity contribution in [1.29, 1.82) is 94.7 Å². The Kier molecular flexibility index (Phi) is 13300. The fourth-order valence-corrected chi connectivity index (χ4v) is 0. The van der Waals surface area contributed by atoms with Gasteiger partial charge in [0.15, 0.2) is 0 Å². The molecule has 0 rings (SSSR count). The van der Waals surface area contributed by atoms with E-state index >= 15 is 0 Å². The molecule has 0 aliphatic rings. The van der Waals surface area contributed by atoms with E-state index in [0.29, 0.717) is 0 Å². The molecule has 0 heterocycles. The Labute approximate surface area is 340 Å². The molecule has 198 valence electrons. The van der Waals surface area contributed by atoms with Crippen molar-refractivity contribution >= 4 is 79.2 Å². The number of hydrogen-bond donors (Lipinski definition) is 0. The van der Waals surface area contributed by atoms with Crippen molar-refractivity contribution in [3.8, 4) is 0 Å². The van der Waals surface area contributed by atoms with E-state index in [1.807, 2.05) is 0 Å². The van der Waals surface area contributed by atoms with Crippen LogP contribution in [0.25, 0.3) is 0 Å². The van der Waals surface area contributed by atoms with Gasteiger partial charge in [0, 0.05) is 0 Å². The van der Waals surface area contributed by atoms with Crippen molar-refractivity contribution in [2.24, 2.45) is 0 Å². The maximum atomic E-state index is 6.25. The van der Waals surface area contributed by atoms with E-state index in [-0.39, 0.29) is 130 Å². The van der Waals surface area contributed by atoms with E-state index in [2.05, 4.69) is 0 Å². The average Bonchev–Trinajstić information content (AvgIpc) is 3.13. The van der Waals surface area contributed by atoms with Gasteiger partial charge in [0.05, 0.1) is 0 Å². The topological polar surface area (TPSA) is 428 Å². The summed E-state index contributed by atoms with van der Waals surface area (Å²) < 4.78 is 0. The van der Waals surface area contributed by atoms with Gasteiger partial charge in [0.1, 0.15) is 0 Å². The van der Waals surface area contributed by atoms with Crippen molar-refractivity contribution in [2.75, 3.05) is 0 Å². The largest absolute Gasteiger partial charge is 3.00 e. The van der Waals surface area contributed by atoms with Crippen LogP contribution in [-0.4, -0.2) is 79.2 Å². The summed E-state index contributed by atoms with van der Waals surface area (Å²) in [4.78, 5) is 0. The summed E-state index contributed by atoms with van der Waals surface area (Å²) in [5.74, 6) is 0. The molecule has 0 atom stereocenters. The van der Waals surface area contributed by atoms with E-state index in [9.17, 15) is 0 Å². The number of nitrogens with zero attached hydrogens (tertiary/aromatic N) is 18. The quantitative estimate of drug-likeness (QED) is 0.231. The van der Waals surface area contributed by atoms with Crippen LogP contribution in [0.1, 0.15) is 0 Å². The minimum absolute atomic E-state index is 0. The molecule has 0 saturated carbocycles. The summed E-state index contributed by atoms with van der Waals surface area (Å²) >= 11 is 0. The van der Waals surface area contributed by atoms with Gasteiger partial charge in [-0.15, -0.1) is 0 Å². The molecule has 0 aliphatic heterocycles. The van der Waals surface area contributed by atoms with E-state index in [1.165, 1.54) is 0 Å². The molecule has 43 heavy (non-hydrogen) atoms. The first-order chi connectivity index (χ1) is 18.0. The second-order valence-corrected chi connectivity index (χ2v) is 0. The molecule has 0 aromatic carbocycles. The third-order valence-electron chi connectivity index (χ3n) is 0. The molecule has 0 spiro atoms. The maximum Gasteiger partial charge on any atom is 3.00 e. The van der Waals surface area contributed by atoms with Gasteiger partial charge >= 0.3 is 130 Å². The molecule has 0 aliphatic carbocycles. The van der Waals surface area contributed by atoms with Crippen LogP contribution in [0, 0.1) is 213 Å². The van der Waals surface area contributed by atoms with Gasteiger partial charge in [-0.3, -0.25) is 0 Å². The van der Waals surface area contributed by atoms with Crippen molar-refractivity contribution in [2.45, 2.75) is 0 Å². The molecule has 0 amide bonds. The van der Waals surface area contributed by atoms with Gasteiger partial charge in [-0.25, -0.2) is 0 Å². The van der Waals surface area contributed by atoms with Gasteiger partial charge < -0.3 is 213 Å². The Bertz CT molecular complexity index is 381. The number of rotatable bonds is 0. The van der Waals surface area contributed by atoms with Gasteiger partial charge in [-0.2, -0.15) is 0 Å². The van der Waals surface area contributed by atoms with Crippen LogP contribution in [0.15, 0.2) is 0 Å². The van der Waals surface area contributed by atoms with Crippen LogP contribution in [-0.2, 0) is 51.2 Å². The van der Waals surface area contributed by atoms with Crippen molar-refractivity contribution in [1.82, 2.24) is 0 Å². The van der Waals surface area contributed by atoms with Crippen molar-refractivity contribution in [3.63, 3.8) is 0 Å². The predicted octanol–water partition coefficient (Wildman–Crippen LogP) is 0.204. The Morgan fingerprint density at radius 2 is 0.116 bits per heavy atom. The van der Waals surface area contributed by atoms with Gasteiger partial charge in [-0.1, -0.05) is 0 Å². The molecular formula is C18Fe3Ga4N18. The fraction of sp³-hybridized carbons (Fsp3) is 0. The molecule has 0 bridgehead atoms. The van der Waals surface area contributed by atoms with Gasteiger partial charge in [0.25, 0.3) is 0 Å². The van der Waals surface area contributed by atoms with Gasteiger partial charge in [-0.05, 0) is 0 Å². The first kappa shape index (κ1) is 310. The SMILES string of the molecule is [C-]#N.[C-]#N.[C-]#N.[C-]#N.[C-]#N.[C-]#N.[C-]#N.[C-]#N.[C-]#N.[C-]#N.[C-]#N.[C-]#N.[C-]#N.[C-]#N.[C-]#N.[C-]#N.[C-]#N.[C-]#N.[Fe+2].[Fe+2].[Fe+2].[Ga+3].[Ga+3].[Ga+3].[Ga+3]. The fourth-order valence-electron chi connectivity index (χ4n) is 0. The molecule has 0 unspecified atom stereocenters. The zero-order valence-corrected chi connectivity index (χ0v) is 33.4. The van der Waals surface area contributed by atoms with Crippen LogP contribution in [0.4, 0.5) is 0 Å². The summed E-state index contributed by atoms with van der Waals surface area (Å²) in [6.45, 7) is 85.5. The van der Waals surface area contributed by atoms with Crippen molar-refractivity contribution in [3.05, 3.63) is 118 Å². The van der Waals surface area contributed by atoms with E-state index in [0.717, 1.165) is 0 Å². The normalized spacial score (nSPS) is 0.837. The molecule has 0 fully saturated rings. The Hall–Kier alpha value is -5.08. The molecule has 0 aromatic rings. The number of hydrogen-bond acceptors (Lipinski definition) is 18. The van der Waals surface area contributed by atoms with Crippen LogP contribution in [0.2, 0.25) is 0 Å². The minimum Gasteiger partial charge on any atom is -0.512 e. The Morgan fingerprint density at radius 3 is 0.116 bits per heavy atom. The van der Waals surface area contributed by atoms with Crippen molar-refractivity contribution < 1.29 is 51.2 Å². The monoisotopic (exact) mass is 912 g/mol. The van der Waals surface area contributed by atoms with Crippen LogP contribution in [0.5, 0.6) is 0 Å². The molecule has 0 aromatic heterocycles. The summed E-state index contributed by atoms with van der Waals surface area (Å²) in [5.41, 5.74) is 0. The third-order valence-corrected chi connectivity index (χ3v) is 0. The van der Waals surface area contributed by atoms with Crippen LogP contribution in [0.3, 0.4) is 0 Å². The van der Waals surface area contributed by atoms with Crippen LogP contribution < -0.4 is 0 Å². The maximum absolute atomic E-state index is 6.25. The smallest absolute Gasteiger partial charge is 0.512 e. The Balaban J connectivity index is -0.00000000344. The first-order valence-electron chi connectivity index (χ1n) is 4.02. The van der Waals surface area contributed by atoms with E-state index < -0.39 is 0 Å².